The number of carbonyl (C=O) groups excluding carboxylic acids is 2. The van der Waals surface area contributed by atoms with Crippen molar-refractivity contribution in [3.8, 4) is 0 Å². The molecule has 1 unspecified atom stereocenters. The number of rotatable bonds is 3. The summed E-state index contributed by atoms with van der Waals surface area (Å²) in [5, 5.41) is 4.90. The van der Waals surface area contributed by atoms with Gasteiger partial charge in [0.15, 0.2) is 0 Å². The Morgan fingerprint density at radius 2 is 1.93 bits per heavy atom. The van der Waals surface area contributed by atoms with Crippen molar-refractivity contribution in [1.82, 2.24) is 0 Å². The highest BCUT2D eigenvalue weighted by Gasteiger charge is 2.34. The van der Waals surface area contributed by atoms with E-state index in [2.05, 4.69) is 10.6 Å². The predicted molar refractivity (Wildman–Crippen MR) is 99.4 cm³/mol. The molecule has 1 aliphatic heterocycles. The van der Waals surface area contributed by atoms with Crippen LogP contribution < -0.4 is 10.6 Å². The average Bonchev–Trinajstić information content (AvgIpc) is 2.57. The Bertz CT molecular complexity index is 922. The monoisotopic (exact) mass is 434 g/mol. The molecule has 1 heterocycles. The van der Waals surface area contributed by atoms with Crippen LogP contribution in [-0.4, -0.2) is 17.1 Å². The Kier molecular flexibility index (Phi) is 5.60. The molecule has 1 aliphatic rings. The van der Waals surface area contributed by atoms with Gasteiger partial charge in [0.1, 0.15) is 0 Å². The minimum atomic E-state index is -4.50. The van der Waals surface area contributed by atoms with Gasteiger partial charge < -0.3 is 10.6 Å². The molecular weight excluding hydrogens is 424 g/mol. The number of nitrogens with one attached hydrogen (secondary N) is 2. The minimum absolute atomic E-state index is 0.0808. The summed E-state index contributed by atoms with van der Waals surface area (Å²) in [4.78, 5) is 24.9. The lowest BCUT2D eigenvalue weighted by Gasteiger charge is -2.24. The quantitative estimate of drug-likeness (QED) is 0.674. The summed E-state index contributed by atoms with van der Waals surface area (Å²) in [5.41, 5.74) is -0.421. The maximum atomic E-state index is 12.8. The number of carbonyl (C=O) groups is 2. The molecule has 4 nitrogen and oxygen atoms in total. The first-order valence-corrected chi connectivity index (χ1v) is 9.21. The van der Waals surface area contributed by atoms with E-state index < -0.39 is 28.8 Å². The lowest BCUT2D eigenvalue weighted by Crippen LogP contribution is -2.32. The summed E-state index contributed by atoms with van der Waals surface area (Å²) in [5.74, 6) is -0.994. The van der Waals surface area contributed by atoms with Gasteiger partial charge >= 0.3 is 6.18 Å². The summed E-state index contributed by atoms with van der Waals surface area (Å²) >= 11 is 12.8. The molecular formula is C17H11Cl2F3N2O2S. The van der Waals surface area contributed by atoms with Crippen LogP contribution in [-0.2, 0) is 15.8 Å². The number of hydrogen-bond donors (Lipinski definition) is 2. The Hall–Kier alpha value is -1.90. The van der Waals surface area contributed by atoms with Gasteiger partial charge in [0.2, 0.25) is 11.8 Å². The molecule has 0 aliphatic carbocycles. The van der Waals surface area contributed by atoms with Gasteiger partial charge in [0, 0.05) is 16.3 Å². The van der Waals surface area contributed by atoms with E-state index in [4.69, 9.17) is 23.2 Å². The summed E-state index contributed by atoms with van der Waals surface area (Å²) in [6, 6.07) is 7.65. The number of alkyl halides is 3. The Morgan fingerprint density at radius 1 is 1.19 bits per heavy atom. The van der Waals surface area contributed by atoms with Gasteiger partial charge in [-0.15, -0.1) is 11.8 Å². The molecule has 142 valence electrons. The van der Waals surface area contributed by atoms with Crippen molar-refractivity contribution >= 4 is 58.2 Å². The molecule has 2 N–H and O–H groups in total. The van der Waals surface area contributed by atoms with E-state index in [1.54, 1.807) is 6.07 Å². The van der Waals surface area contributed by atoms with Crippen molar-refractivity contribution in [3.63, 3.8) is 0 Å². The topological polar surface area (TPSA) is 58.2 Å². The second kappa shape index (κ2) is 7.61. The minimum Gasteiger partial charge on any atom is -0.325 e. The maximum absolute atomic E-state index is 12.8. The lowest BCUT2D eigenvalue weighted by atomic mass is 10.1. The van der Waals surface area contributed by atoms with Crippen molar-refractivity contribution in [2.75, 3.05) is 10.6 Å². The Morgan fingerprint density at radius 3 is 2.59 bits per heavy atom. The van der Waals surface area contributed by atoms with Gasteiger partial charge in [-0.05, 0) is 36.4 Å². The van der Waals surface area contributed by atoms with Crippen LogP contribution in [0.1, 0.15) is 12.0 Å². The van der Waals surface area contributed by atoms with Gasteiger partial charge in [-0.1, -0.05) is 23.2 Å². The second-order valence-corrected chi connectivity index (χ2v) is 7.77. The summed E-state index contributed by atoms with van der Waals surface area (Å²) in [7, 11) is 0. The highest BCUT2D eigenvalue weighted by Crippen LogP contribution is 2.40. The molecule has 3 rings (SSSR count). The number of amides is 2. The van der Waals surface area contributed by atoms with Crippen LogP contribution in [0.5, 0.6) is 0 Å². The number of benzene rings is 2. The van der Waals surface area contributed by atoms with Gasteiger partial charge in [-0.2, -0.15) is 13.2 Å². The third-order valence-electron chi connectivity index (χ3n) is 3.70. The number of thioether (sulfide) groups is 1. The normalized spacial score (nSPS) is 16.5. The molecule has 0 radical (unpaired) electrons. The summed E-state index contributed by atoms with van der Waals surface area (Å²) in [6.07, 6.45) is -4.67. The van der Waals surface area contributed by atoms with E-state index in [1.807, 2.05) is 0 Å². The van der Waals surface area contributed by atoms with Crippen molar-refractivity contribution in [2.24, 2.45) is 0 Å². The SMILES string of the molecule is O=C(CC1Sc2ccc(C(F)(F)F)cc2NC1=O)Nc1ccc(Cl)cc1Cl. The molecule has 10 heteroatoms. The zero-order chi connectivity index (χ0) is 19.8. The van der Waals surface area contributed by atoms with Crippen LogP contribution in [0, 0.1) is 0 Å². The van der Waals surface area contributed by atoms with E-state index in [0.717, 1.165) is 23.9 Å². The van der Waals surface area contributed by atoms with Gasteiger partial charge in [-0.3, -0.25) is 9.59 Å². The first-order chi connectivity index (χ1) is 12.6. The van der Waals surface area contributed by atoms with E-state index >= 15 is 0 Å². The smallest absolute Gasteiger partial charge is 0.325 e. The third-order valence-corrected chi connectivity index (χ3v) is 5.53. The molecule has 0 spiro atoms. The van der Waals surface area contributed by atoms with Crippen molar-refractivity contribution in [2.45, 2.75) is 22.7 Å². The fourth-order valence-corrected chi connectivity index (χ4v) is 3.97. The molecule has 1 atom stereocenters. The van der Waals surface area contributed by atoms with E-state index in [0.29, 0.717) is 15.6 Å². The van der Waals surface area contributed by atoms with Crippen LogP contribution in [0.4, 0.5) is 24.5 Å². The molecule has 0 bridgehead atoms. The number of hydrogen-bond acceptors (Lipinski definition) is 3. The van der Waals surface area contributed by atoms with Crippen molar-refractivity contribution < 1.29 is 22.8 Å². The molecule has 0 aromatic heterocycles. The zero-order valence-corrected chi connectivity index (χ0v) is 15.7. The molecule has 0 saturated heterocycles. The second-order valence-electron chi connectivity index (χ2n) is 5.68. The molecule has 2 aromatic rings. The first-order valence-electron chi connectivity index (χ1n) is 7.57. The zero-order valence-electron chi connectivity index (χ0n) is 13.4. The van der Waals surface area contributed by atoms with Crippen LogP contribution >= 0.6 is 35.0 Å². The lowest BCUT2D eigenvalue weighted by molar-refractivity contribution is -0.137. The van der Waals surface area contributed by atoms with Crippen LogP contribution in [0.3, 0.4) is 0 Å². The van der Waals surface area contributed by atoms with Crippen LogP contribution in [0.15, 0.2) is 41.3 Å². The molecule has 2 amide bonds. The Labute approximate surface area is 166 Å². The number of fused-ring (bicyclic) bond motifs is 1. The van der Waals surface area contributed by atoms with Gasteiger partial charge in [0.05, 0.1) is 27.2 Å². The first kappa shape index (κ1) is 19.9. The molecule has 0 saturated carbocycles. The fourth-order valence-electron chi connectivity index (χ4n) is 2.42. The summed E-state index contributed by atoms with van der Waals surface area (Å²) in [6.45, 7) is 0. The van der Waals surface area contributed by atoms with Crippen LogP contribution in [0.25, 0.3) is 0 Å². The van der Waals surface area contributed by atoms with Crippen molar-refractivity contribution in [1.29, 1.82) is 0 Å². The average molecular weight is 435 g/mol. The maximum Gasteiger partial charge on any atom is 0.416 e. The van der Waals surface area contributed by atoms with Crippen molar-refractivity contribution in [3.05, 3.63) is 52.0 Å². The molecule has 0 fully saturated rings. The van der Waals surface area contributed by atoms with E-state index in [-0.39, 0.29) is 17.1 Å². The Balaban J connectivity index is 1.70. The standard InChI is InChI=1S/C17H11Cl2F3N2O2S/c18-9-2-3-11(10(19)6-9)23-15(25)7-14-16(26)24-12-5-8(17(20,21)22)1-4-13(12)27-14/h1-6,14H,7H2,(H,23,25)(H,24,26). The molecule has 2 aromatic carbocycles. The fraction of sp³-hybridized carbons (Fsp3) is 0.176. The van der Waals surface area contributed by atoms with E-state index in [9.17, 15) is 22.8 Å². The van der Waals surface area contributed by atoms with Gasteiger partial charge in [0.25, 0.3) is 0 Å². The number of halogens is 5. The highest BCUT2D eigenvalue weighted by molar-refractivity contribution is 8.01. The largest absolute Gasteiger partial charge is 0.416 e. The van der Waals surface area contributed by atoms with Gasteiger partial charge in [-0.25, -0.2) is 0 Å². The molecule has 27 heavy (non-hydrogen) atoms. The van der Waals surface area contributed by atoms with E-state index in [1.165, 1.54) is 18.2 Å². The highest BCUT2D eigenvalue weighted by atomic mass is 35.5. The summed E-state index contributed by atoms with van der Waals surface area (Å²) < 4.78 is 38.3. The van der Waals surface area contributed by atoms with Crippen LogP contribution in [0.2, 0.25) is 10.0 Å². The number of anilines is 2. The third kappa shape index (κ3) is 4.69. The predicted octanol–water partition coefficient (Wildman–Crippen LogP) is 5.45.